The minimum atomic E-state index is -3.08. The van der Waals surface area contributed by atoms with Crippen molar-refractivity contribution >= 4 is 10.0 Å². The van der Waals surface area contributed by atoms with Crippen molar-refractivity contribution in [2.24, 2.45) is 5.92 Å². The van der Waals surface area contributed by atoms with Gasteiger partial charge in [-0.3, -0.25) is 0 Å². The average Bonchev–Trinajstić information content (AvgIpc) is 2.35. The first-order valence-electron chi connectivity index (χ1n) is 7.66. The van der Waals surface area contributed by atoms with Crippen LogP contribution in [0.15, 0.2) is 0 Å². The van der Waals surface area contributed by atoms with Gasteiger partial charge in [-0.2, -0.15) is 0 Å². The van der Waals surface area contributed by atoms with E-state index in [0.29, 0.717) is 12.0 Å². The van der Waals surface area contributed by atoms with Gasteiger partial charge in [0, 0.05) is 12.1 Å². The minimum absolute atomic E-state index is 0.150. The SMILES string of the molecule is CCCNC1CCC(NS(=O)(=O)CCC(C)C)CC1. The van der Waals surface area contributed by atoms with E-state index in [1.165, 1.54) is 0 Å². The molecule has 0 radical (unpaired) electrons. The molecule has 0 aromatic carbocycles. The molecule has 0 amide bonds. The molecule has 0 atom stereocenters. The minimum Gasteiger partial charge on any atom is -0.314 e. The summed E-state index contributed by atoms with van der Waals surface area (Å²) in [6.45, 7) is 7.34. The Labute approximate surface area is 118 Å². The van der Waals surface area contributed by atoms with Gasteiger partial charge in [0.1, 0.15) is 0 Å². The van der Waals surface area contributed by atoms with Crippen LogP contribution < -0.4 is 10.0 Å². The van der Waals surface area contributed by atoms with Gasteiger partial charge in [-0.15, -0.1) is 0 Å². The van der Waals surface area contributed by atoms with Crippen LogP contribution >= 0.6 is 0 Å². The zero-order valence-electron chi connectivity index (χ0n) is 12.6. The van der Waals surface area contributed by atoms with Crippen molar-refractivity contribution in [3.63, 3.8) is 0 Å². The van der Waals surface area contributed by atoms with E-state index in [2.05, 4.69) is 30.8 Å². The second kappa shape index (κ2) is 8.22. The van der Waals surface area contributed by atoms with Gasteiger partial charge in [0.15, 0.2) is 0 Å². The molecule has 0 aromatic rings. The Morgan fingerprint density at radius 1 is 1.11 bits per heavy atom. The average molecular weight is 290 g/mol. The standard InChI is InChI=1S/C14H30N2O2S/c1-4-10-15-13-5-7-14(8-6-13)16-19(17,18)11-9-12(2)3/h12-16H,4-11H2,1-3H3. The fraction of sp³-hybridized carbons (Fsp3) is 1.00. The van der Waals surface area contributed by atoms with Crippen molar-refractivity contribution in [1.29, 1.82) is 0 Å². The normalized spacial score (nSPS) is 24.8. The van der Waals surface area contributed by atoms with Crippen LogP contribution in [0.4, 0.5) is 0 Å². The third kappa shape index (κ3) is 7.28. The van der Waals surface area contributed by atoms with Gasteiger partial charge in [0.05, 0.1) is 5.75 Å². The molecule has 0 spiro atoms. The quantitative estimate of drug-likeness (QED) is 0.721. The molecule has 2 N–H and O–H groups in total. The largest absolute Gasteiger partial charge is 0.314 e. The predicted octanol–water partition coefficient (Wildman–Crippen LogP) is 2.26. The zero-order valence-corrected chi connectivity index (χ0v) is 13.4. The lowest BCUT2D eigenvalue weighted by Gasteiger charge is -2.29. The van der Waals surface area contributed by atoms with Crippen LogP contribution in [-0.4, -0.2) is 32.8 Å². The summed E-state index contributed by atoms with van der Waals surface area (Å²) >= 11 is 0. The fourth-order valence-corrected chi connectivity index (χ4v) is 4.11. The van der Waals surface area contributed by atoms with Gasteiger partial charge in [-0.25, -0.2) is 13.1 Å². The molecule has 114 valence electrons. The van der Waals surface area contributed by atoms with Gasteiger partial charge in [-0.05, 0) is 51.0 Å². The van der Waals surface area contributed by atoms with E-state index in [1.54, 1.807) is 0 Å². The molecular weight excluding hydrogens is 260 g/mol. The molecular formula is C14H30N2O2S. The third-order valence-electron chi connectivity index (χ3n) is 3.72. The fourth-order valence-electron chi connectivity index (χ4n) is 2.47. The van der Waals surface area contributed by atoms with E-state index in [-0.39, 0.29) is 11.8 Å². The molecule has 19 heavy (non-hydrogen) atoms. The number of rotatable bonds is 8. The first kappa shape index (κ1) is 16.9. The maximum Gasteiger partial charge on any atom is 0.211 e. The summed E-state index contributed by atoms with van der Waals surface area (Å²) in [5, 5.41) is 3.52. The Kier molecular flexibility index (Phi) is 7.32. The maximum absolute atomic E-state index is 11.9. The first-order valence-corrected chi connectivity index (χ1v) is 9.31. The van der Waals surface area contributed by atoms with Crippen LogP contribution in [0.25, 0.3) is 0 Å². The van der Waals surface area contributed by atoms with Crippen LogP contribution in [-0.2, 0) is 10.0 Å². The number of hydrogen-bond acceptors (Lipinski definition) is 3. The summed E-state index contributed by atoms with van der Waals surface area (Å²) in [6, 6.07) is 0.730. The smallest absolute Gasteiger partial charge is 0.211 e. The van der Waals surface area contributed by atoms with E-state index in [4.69, 9.17) is 0 Å². The third-order valence-corrected chi connectivity index (χ3v) is 5.19. The molecule has 0 bridgehead atoms. The number of hydrogen-bond donors (Lipinski definition) is 2. The monoisotopic (exact) mass is 290 g/mol. The predicted molar refractivity (Wildman–Crippen MR) is 80.7 cm³/mol. The van der Waals surface area contributed by atoms with Crippen molar-refractivity contribution in [3.05, 3.63) is 0 Å². The number of sulfonamides is 1. The highest BCUT2D eigenvalue weighted by Gasteiger charge is 2.24. The molecule has 0 aromatic heterocycles. The Hall–Kier alpha value is -0.130. The van der Waals surface area contributed by atoms with Crippen molar-refractivity contribution in [1.82, 2.24) is 10.0 Å². The van der Waals surface area contributed by atoms with Crippen LogP contribution in [0, 0.1) is 5.92 Å². The van der Waals surface area contributed by atoms with E-state index in [9.17, 15) is 8.42 Å². The van der Waals surface area contributed by atoms with Crippen LogP contribution in [0.2, 0.25) is 0 Å². The second-order valence-electron chi connectivity index (χ2n) is 6.12. The zero-order chi connectivity index (χ0) is 14.3. The summed E-state index contributed by atoms with van der Waals surface area (Å²) in [4.78, 5) is 0. The maximum atomic E-state index is 11.9. The highest BCUT2D eigenvalue weighted by atomic mass is 32.2. The molecule has 1 fully saturated rings. The van der Waals surface area contributed by atoms with Gasteiger partial charge in [0.2, 0.25) is 10.0 Å². The lowest BCUT2D eigenvalue weighted by atomic mass is 9.92. The van der Waals surface area contributed by atoms with Crippen LogP contribution in [0.5, 0.6) is 0 Å². The molecule has 0 aliphatic heterocycles. The summed E-state index contributed by atoms with van der Waals surface area (Å²) in [5.74, 6) is 0.698. The molecule has 0 heterocycles. The number of nitrogens with one attached hydrogen (secondary N) is 2. The Morgan fingerprint density at radius 3 is 2.21 bits per heavy atom. The van der Waals surface area contributed by atoms with E-state index in [0.717, 1.165) is 45.1 Å². The molecule has 1 saturated carbocycles. The van der Waals surface area contributed by atoms with Gasteiger partial charge in [0.25, 0.3) is 0 Å². The van der Waals surface area contributed by atoms with E-state index < -0.39 is 10.0 Å². The van der Waals surface area contributed by atoms with E-state index in [1.807, 2.05) is 0 Å². The molecule has 0 unspecified atom stereocenters. The second-order valence-corrected chi connectivity index (χ2v) is 8.00. The van der Waals surface area contributed by atoms with Crippen molar-refractivity contribution in [3.8, 4) is 0 Å². The summed E-state index contributed by atoms with van der Waals surface area (Å²) in [6.07, 6.45) is 5.98. The van der Waals surface area contributed by atoms with Crippen molar-refractivity contribution in [2.45, 2.75) is 71.4 Å². The Balaban J connectivity index is 2.28. The summed E-state index contributed by atoms with van der Waals surface area (Å²) < 4.78 is 26.7. The van der Waals surface area contributed by atoms with Gasteiger partial charge >= 0.3 is 0 Å². The highest BCUT2D eigenvalue weighted by Crippen LogP contribution is 2.19. The molecule has 1 aliphatic rings. The van der Waals surface area contributed by atoms with Gasteiger partial charge in [-0.1, -0.05) is 20.8 Å². The molecule has 4 nitrogen and oxygen atoms in total. The Bertz CT molecular complexity index is 333. The lowest BCUT2D eigenvalue weighted by Crippen LogP contribution is -2.43. The van der Waals surface area contributed by atoms with Crippen molar-refractivity contribution in [2.75, 3.05) is 12.3 Å². The van der Waals surface area contributed by atoms with E-state index >= 15 is 0 Å². The van der Waals surface area contributed by atoms with Crippen LogP contribution in [0.3, 0.4) is 0 Å². The molecule has 1 aliphatic carbocycles. The van der Waals surface area contributed by atoms with Crippen molar-refractivity contribution < 1.29 is 8.42 Å². The lowest BCUT2D eigenvalue weighted by molar-refractivity contribution is 0.330. The topological polar surface area (TPSA) is 58.2 Å². The molecule has 0 saturated heterocycles. The summed E-state index contributed by atoms with van der Waals surface area (Å²) in [7, 11) is -3.08. The summed E-state index contributed by atoms with van der Waals surface area (Å²) in [5.41, 5.74) is 0. The van der Waals surface area contributed by atoms with Gasteiger partial charge < -0.3 is 5.32 Å². The molecule has 5 heteroatoms. The first-order chi connectivity index (χ1) is 8.93. The molecule has 1 rings (SSSR count). The Morgan fingerprint density at radius 2 is 1.68 bits per heavy atom. The highest BCUT2D eigenvalue weighted by molar-refractivity contribution is 7.89. The van der Waals surface area contributed by atoms with Crippen LogP contribution in [0.1, 0.15) is 59.3 Å².